The van der Waals surface area contributed by atoms with E-state index >= 15 is 0 Å². The predicted octanol–water partition coefficient (Wildman–Crippen LogP) is 3.88. The predicted molar refractivity (Wildman–Crippen MR) is 105 cm³/mol. The van der Waals surface area contributed by atoms with Gasteiger partial charge < -0.3 is 9.64 Å². The van der Waals surface area contributed by atoms with E-state index in [9.17, 15) is 9.59 Å². The Morgan fingerprint density at radius 2 is 1.74 bits per heavy atom. The van der Waals surface area contributed by atoms with Crippen LogP contribution in [0.25, 0.3) is 0 Å². The topological polar surface area (TPSA) is 46.6 Å². The molecule has 0 radical (unpaired) electrons. The molecule has 2 aromatic carbocycles. The van der Waals surface area contributed by atoms with Gasteiger partial charge in [0.2, 0.25) is 0 Å². The third-order valence-corrected chi connectivity index (χ3v) is 5.04. The van der Waals surface area contributed by atoms with Crippen molar-refractivity contribution in [1.82, 2.24) is 4.90 Å². The first-order chi connectivity index (χ1) is 13.1. The molecule has 1 unspecified atom stereocenters. The van der Waals surface area contributed by atoms with Crippen LogP contribution in [0.5, 0.6) is 0 Å². The molecule has 1 saturated heterocycles. The summed E-state index contributed by atoms with van der Waals surface area (Å²) in [6, 6.07) is 19.1. The number of carbonyl (C=O) groups excluding carboxylic acids is 2. The molecule has 1 heterocycles. The Bertz CT molecular complexity index is 788. The zero-order valence-corrected chi connectivity index (χ0v) is 15.5. The minimum atomic E-state index is -0.729. The van der Waals surface area contributed by atoms with Gasteiger partial charge in [-0.25, -0.2) is 0 Å². The second kappa shape index (κ2) is 8.67. The largest absolute Gasteiger partial charge is 0.461 e. The van der Waals surface area contributed by atoms with Crippen molar-refractivity contribution in [1.29, 1.82) is 0 Å². The van der Waals surface area contributed by atoms with Crippen molar-refractivity contribution >= 4 is 11.9 Å². The number of benzene rings is 2. The highest BCUT2D eigenvalue weighted by Gasteiger charge is 2.44. The van der Waals surface area contributed by atoms with Crippen molar-refractivity contribution in [3.05, 3.63) is 84.4 Å². The molecule has 0 aromatic heterocycles. The van der Waals surface area contributed by atoms with Crippen LogP contribution in [0.15, 0.2) is 73.3 Å². The van der Waals surface area contributed by atoms with Gasteiger partial charge in [0, 0.05) is 18.7 Å². The van der Waals surface area contributed by atoms with Crippen LogP contribution in [0.2, 0.25) is 0 Å². The Kier molecular flexibility index (Phi) is 6.07. The lowest BCUT2D eigenvalue weighted by Gasteiger charge is -2.41. The van der Waals surface area contributed by atoms with Crippen molar-refractivity contribution in [3.63, 3.8) is 0 Å². The first-order valence-electron chi connectivity index (χ1n) is 9.31. The van der Waals surface area contributed by atoms with E-state index < -0.39 is 5.41 Å². The van der Waals surface area contributed by atoms with Crippen LogP contribution in [-0.4, -0.2) is 36.5 Å². The Labute approximate surface area is 160 Å². The van der Waals surface area contributed by atoms with Gasteiger partial charge in [0.25, 0.3) is 5.91 Å². The van der Waals surface area contributed by atoms with Crippen molar-refractivity contribution < 1.29 is 14.3 Å². The van der Waals surface area contributed by atoms with Crippen molar-refractivity contribution in [2.45, 2.75) is 19.3 Å². The van der Waals surface area contributed by atoms with Crippen LogP contribution in [0, 0.1) is 5.41 Å². The minimum Gasteiger partial charge on any atom is -0.461 e. The van der Waals surface area contributed by atoms with E-state index in [1.807, 2.05) is 60.7 Å². The molecule has 0 aliphatic carbocycles. The summed E-state index contributed by atoms with van der Waals surface area (Å²) in [4.78, 5) is 27.7. The molecular weight excluding hydrogens is 338 g/mol. The lowest BCUT2D eigenvalue weighted by molar-refractivity contribution is -0.157. The monoisotopic (exact) mass is 363 g/mol. The zero-order valence-electron chi connectivity index (χ0n) is 15.5. The summed E-state index contributed by atoms with van der Waals surface area (Å²) in [6.45, 7) is 4.83. The van der Waals surface area contributed by atoms with Crippen LogP contribution in [0.1, 0.15) is 28.8 Å². The van der Waals surface area contributed by atoms with E-state index in [0.29, 0.717) is 31.5 Å². The standard InChI is InChI=1S/C23H25NO3/c1-2-16-27-22(26)23(17-19-10-5-3-6-11-19)14-9-15-24(18-23)21(25)20-12-7-4-8-13-20/h2-8,10-13H,1,9,14-18H2. The maximum absolute atomic E-state index is 13.0. The molecule has 1 amide bonds. The molecule has 4 nitrogen and oxygen atoms in total. The average molecular weight is 363 g/mol. The third kappa shape index (κ3) is 4.45. The highest BCUT2D eigenvalue weighted by Crippen LogP contribution is 2.36. The summed E-state index contributed by atoms with van der Waals surface area (Å²) >= 11 is 0. The second-order valence-corrected chi connectivity index (χ2v) is 7.03. The van der Waals surface area contributed by atoms with Crippen molar-refractivity contribution in [2.24, 2.45) is 5.41 Å². The van der Waals surface area contributed by atoms with Crippen molar-refractivity contribution in [3.8, 4) is 0 Å². The Morgan fingerprint density at radius 1 is 1.07 bits per heavy atom. The number of nitrogens with zero attached hydrogens (tertiary/aromatic N) is 1. The highest BCUT2D eigenvalue weighted by atomic mass is 16.5. The molecule has 0 spiro atoms. The summed E-state index contributed by atoms with van der Waals surface area (Å²) in [5, 5.41) is 0. The van der Waals surface area contributed by atoms with Gasteiger partial charge in [-0.1, -0.05) is 61.2 Å². The van der Waals surface area contributed by atoms with Gasteiger partial charge in [0.1, 0.15) is 6.61 Å². The molecule has 27 heavy (non-hydrogen) atoms. The molecule has 140 valence electrons. The number of piperidine rings is 1. The summed E-state index contributed by atoms with van der Waals surface area (Å²) in [5.74, 6) is -0.291. The molecule has 1 aliphatic heterocycles. The van der Waals surface area contributed by atoms with Gasteiger partial charge in [-0.3, -0.25) is 9.59 Å². The van der Waals surface area contributed by atoms with Crippen molar-refractivity contribution in [2.75, 3.05) is 19.7 Å². The lowest BCUT2D eigenvalue weighted by atomic mass is 9.75. The SMILES string of the molecule is C=CCOC(=O)C1(Cc2ccccc2)CCCN(C(=O)c2ccccc2)C1. The molecule has 2 aromatic rings. The smallest absolute Gasteiger partial charge is 0.314 e. The van der Waals surface area contributed by atoms with Gasteiger partial charge in [0.15, 0.2) is 0 Å². The lowest BCUT2D eigenvalue weighted by Crippen LogP contribution is -2.51. The molecule has 3 rings (SSSR count). The number of esters is 1. The number of amides is 1. The highest BCUT2D eigenvalue weighted by molar-refractivity contribution is 5.94. The van der Waals surface area contributed by atoms with Crippen LogP contribution in [-0.2, 0) is 16.0 Å². The van der Waals surface area contributed by atoms with E-state index in [1.165, 1.54) is 0 Å². The zero-order chi connectivity index (χ0) is 19.1. The molecule has 0 bridgehead atoms. The fourth-order valence-electron chi connectivity index (χ4n) is 3.73. The molecule has 0 N–H and O–H groups in total. The van der Waals surface area contributed by atoms with Crippen LogP contribution in [0.4, 0.5) is 0 Å². The maximum atomic E-state index is 13.0. The minimum absolute atomic E-state index is 0.0377. The summed E-state index contributed by atoms with van der Waals surface area (Å²) in [6.07, 6.45) is 3.61. The Balaban J connectivity index is 1.86. The third-order valence-electron chi connectivity index (χ3n) is 5.04. The number of rotatable bonds is 6. The summed E-state index contributed by atoms with van der Waals surface area (Å²) in [5.41, 5.74) is 0.988. The van der Waals surface area contributed by atoms with Gasteiger partial charge in [-0.15, -0.1) is 0 Å². The number of ether oxygens (including phenoxy) is 1. The normalized spacial score (nSPS) is 19.3. The molecule has 0 saturated carbocycles. The van der Waals surface area contributed by atoms with E-state index in [-0.39, 0.29) is 18.5 Å². The van der Waals surface area contributed by atoms with E-state index in [0.717, 1.165) is 12.0 Å². The van der Waals surface area contributed by atoms with E-state index in [1.54, 1.807) is 11.0 Å². The van der Waals surface area contributed by atoms with Gasteiger partial charge in [-0.2, -0.15) is 0 Å². The van der Waals surface area contributed by atoms with Crippen LogP contribution >= 0.6 is 0 Å². The summed E-state index contributed by atoms with van der Waals surface area (Å²) in [7, 11) is 0. The fourth-order valence-corrected chi connectivity index (χ4v) is 3.73. The number of hydrogen-bond donors (Lipinski definition) is 0. The second-order valence-electron chi connectivity index (χ2n) is 7.03. The molecule has 1 fully saturated rings. The van der Waals surface area contributed by atoms with E-state index in [2.05, 4.69) is 6.58 Å². The van der Waals surface area contributed by atoms with Gasteiger partial charge >= 0.3 is 5.97 Å². The molecule has 4 heteroatoms. The fraction of sp³-hybridized carbons (Fsp3) is 0.304. The maximum Gasteiger partial charge on any atom is 0.314 e. The Hall–Kier alpha value is -2.88. The molecule has 1 aliphatic rings. The molecular formula is C23H25NO3. The quantitative estimate of drug-likeness (QED) is 0.578. The first-order valence-corrected chi connectivity index (χ1v) is 9.31. The number of hydrogen-bond acceptors (Lipinski definition) is 3. The van der Waals surface area contributed by atoms with Gasteiger partial charge in [-0.05, 0) is 37.0 Å². The Morgan fingerprint density at radius 3 is 2.41 bits per heavy atom. The average Bonchev–Trinajstić information content (AvgIpc) is 2.73. The van der Waals surface area contributed by atoms with Crippen LogP contribution < -0.4 is 0 Å². The van der Waals surface area contributed by atoms with Crippen LogP contribution in [0.3, 0.4) is 0 Å². The van der Waals surface area contributed by atoms with Gasteiger partial charge in [0.05, 0.1) is 5.41 Å². The molecule has 1 atom stereocenters. The van der Waals surface area contributed by atoms with E-state index in [4.69, 9.17) is 4.74 Å². The first kappa shape index (κ1) is 18.9. The number of carbonyl (C=O) groups is 2. The number of likely N-dealkylation sites (tertiary alicyclic amines) is 1. The summed E-state index contributed by atoms with van der Waals surface area (Å²) < 4.78 is 5.45.